The van der Waals surface area contributed by atoms with Crippen molar-refractivity contribution in [1.82, 2.24) is 0 Å². The summed E-state index contributed by atoms with van der Waals surface area (Å²) >= 11 is 0. The average molecular weight is 336 g/mol. The Hall–Kier alpha value is -1.88. The topological polar surface area (TPSA) is 61.8 Å². The molecule has 24 heavy (non-hydrogen) atoms. The van der Waals surface area contributed by atoms with Crippen LogP contribution in [-0.2, 0) is 30.4 Å². The standard InChI is InChI=1S/C19H28O5/c1-4-23-17(20)19(3,18(21)24-5-2)13-9-10-14-22-15-16-11-7-6-8-12-16/h6-8,11-12H,4-5,9-10,13-15H2,1-3H3. The predicted octanol–water partition coefficient (Wildman–Crippen LogP) is 3.51. The molecule has 0 aliphatic carbocycles. The zero-order valence-electron chi connectivity index (χ0n) is 14.9. The van der Waals surface area contributed by atoms with E-state index in [1.54, 1.807) is 20.8 Å². The Labute approximate surface area is 144 Å². The first kappa shape index (κ1) is 20.2. The molecule has 0 aromatic heterocycles. The summed E-state index contributed by atoms with van der Waals surface area (Å²) < 4.78 is 15.7. The number of benzene rings is 1. The molecule has 0 saturated carbocycles. The molecule has 5 heteroatoms. The molecule has 0 aliphatic rings. The quantitative estimate of drug-likeness (QED) is 0.351. The van der Waals surface area contributed by atoms with Gasteiger partial charge in [0.15, 0.2) is 5.41 Å². The van der Waals surface area contributed by atoms with Crippen LogP contribution in [0.1, 0.15) is 45.6 Å². The number of carbonyl (C=O) groups is 2. The van der Waals surface area contributed by atoms with Crippen LogP contribution in [0.5, 0.6) is 0 Å². The van der Waals surface area contributed by atoms with E-state index in [1.807, 2.05) is 30.3 Å². The van der Waals surface area contributed by atoms with Crippen LogP contribution in [0.25, 0.3) is 0 Å². The largest absolute Gasteiger partial charge is 0.465 e. The van der Waals surface area contributed by atoms with Crippen molar-refractivity contribution in [3.05, 3.63) is 35.9 Å². The van der Waals surface area contributed by atoms with Crippen molar-refractivity contribution < 1.29 is 23.8 Å². The molecule has 0 aliphatic heterocycles. The van der Waals surface area contributed by atoms with E-state index in [0.29, 0.717) is 26.1 Å². The molecule has 0 heterocycles. The number of hydrogen-bond donors (Lipinski definition) is 0. The number of ether oxygens (including phenoxy) is 3. The minimum absolute atomic E-state index is 0.244. The van der Waals surface area contributed by atoms with E-state index in [2.05, 4.69) is 0 Å². The molecule has 0 bridgehead atoms. The Morgan fingerprint density at radius 3 is 2.08 bits per heavy atom. The van der Waals surface area contributed by atoms with Crippen molar-refractivity contribution in [2.75, 3.05) is 19.8 Å². The van der Waals surface area contributed by atoms with Crippen LogP contribution in [0.2, 0.25) is 0 Å². The summed E-state index contributed by atoms with van der Waals surface area (Å²) in [6.07, 6.45) is 1.84. The third-order valence-corrected chi connectivity index (χ3v) is 3.78. The predicted molar refractivity (Wildman–Crippen MR) is 91.3 cm³/mol. The first-order chi connectivity index (χ1) is 11.5. The van der Waals surface area contributed by atoms with E-state index in [4.69, 9.17) is 14.2 Å². The van der Waals surface area contributed by atoms with Crippen molar-refractivity contribution in [2.24, 2.45) is 5.41 Å². The molecule has 0 radical (unpaired) electrons. The minimum atomic E-state index is -1.24. The zero-order chi connectivity index (χ0) is 17.8. The monoisotopic (exact) mass is 336 g/mol. The smallest absolute Gasteiger partial charge is 0.323 e. The highest BCUT2D eigenvalue weighted by molar-refractivity contribution is 5.99. The SMILES string of the molecule is CCOC(=O)C(C)(CCCCOCc1ccccc1)C(=O)OCC. The summed E-state index contributed by atoms with van der Waals surface area (Å²) in [6.45, 7) is 6.67. The maximum atomic E-state index is 12.1. The van der Waals surface area contributed by atoms with Gasteiger partial charge in [0.05, 0.1) is 19.8 Å². The maximum Gasteiger partial charge on any atom is 0.323 e. The fourth-order valence-electron chi connectivity index (χ4n) is 2.32. The lowest BCUT2D eigenvalue weighted by Crippen LogP contribution is -2.39. The molecule has 0 atom stereocenters. The highest BCUT2D eigenvalue weighted by atomic mass is 16.6. The van der Waals surface area contributed by atoms with Crippen molar-refractivity contribution in [2.45, 2.75) is 46.6 Å². The Kier molecular flexibility index (Phi) is 9.08. The third-order valence-electron chi connectivity index (χ3n) is 3.78. The van der Waals surface area contributed by atoms with Crippen LogP contribution in [-0.4, -0.2) is 31.8 Å². The van der Waals surface area contributed by atoms with Crippen molar-refractivity contribution in [3.63, 3.8) is 0 Å². The second-order valence-corrected chi connectivity index (χ2v) is 5.77. The summed E-state index contributed by atoms with van der Waals surface area (Å²) in [5.41, 5.74) is -0.119. The normalized spacial score (nSPS) is 11.1. The van der Waals surface area contributed by atoms with E-state index >= 15 is 0 Å². The highest BCUT2D eigenvalue weighted by Gasteiger charge is 2.43. The molecular formula is C19H28O5. The molecule has 1 rings (SSSR count). The number of hydrogen-bond acceptors (Lipinski definition) is 5. The molecular weight excluding hydrogens is 308 g/mol. The molecule has 134 valence electrons. The number of esters is 2. The van der Waals surface area contributed by atoms with Gasteiger partial charge in [-0.15, -0.1) is 0 Å². The number of carbonyl (C=O) groups excluding carboxylic acids is 2. The van der Waals surface area contributed by atoms with E-state index in [0.717, 1.165) is 12.0 Å². The average Bonchev–Trinajstić information content (AvgIpc) is 2.59. The number of rotatable bonds is 11. The van der Waals surface area contributed by atoms with Crippen LogP contribution in [0.15, 0.2) is 30.3 Å². The fourth-order valence-corrected chi connectivity index (χ4v) is 2.32. The molecule has 0 saturated heterocycles. The Morgan fingerprint density at radius 1 is 0.958 bits per heavy atom. The zero-order valence-corrected chi connectivity index (χ0v) is 14.9. The van der Waals surface area contributed by atoms with Crippen LogP contribution in [0.4, 0.5) is 0 Å². The van der Waals surface area contributed by atoms with E-state index < -0.39 is 17.4 Å². The maximum absolute atomic E-state index is 12.1. The first-order valence-corrected chi connectivity index (χ1v) is 8.50. The summed E-state index contributed by atoms with van der Waals surface area (Å²) in [4.78, 5) is 24.3. The van der Waals surface area contributed by atoms with Crippen molar-refractivity contribution in [3.8, 4) is 0 Å². The molecule has 5 nitrogen and oxygen atoms in total. The molecule has 0 unspecified atom stereocenters. The molecule has 0 amide bonds. The van der Waals surface area contributed by atoms with Crippen LogP contribution in [0, 0.1) is 5.41 Å². The summed E-state index contributed by atoms with van der Waals surface area (Å²) in [5, 5.41) is 0. The van der Waals surface area contributed by atoms with Crippen LogP contribution >= 0.6 is 0 Å². The third kappa shape index (κ3) is 6.32. The molecule has 1 aromatic rings. The molecule has 1 aromatic carbocycles. The van der Waals surface area contributed by atoms with Crippen LogP contribution in [0.3, 0.4) is 0 Å². The lowest BCUT2D eigenvalue weighted by molar-refractivity contribution is -0.171. The minimum Gasteiger partial charge on any atom is -0.465 e. The van der Waals surface area contributed by atoms with Gasteiger partial charge in [-0.05, 0) is 45.6 Å². The van der Waals surface area contributed by atoms with Gasteiger partial charge < -0.3 is 14.2 Å². The second kappa shape index (κ2) is 10.8. The van der Waals surface area contributed by atoms with Crippen LogP contribution < -0.4 is 0 Å². The van der Waals surface area contributed by atoms with Gasteiger partial charge in [-0.2, -0.15) is 0 Å². The van der Waals surface area contributed by atoms with Crippen molar-refractivity contribution >= 4 is 11.9 Å². The van der Waals surface area contributed by atoms with E-state index in [-0.39, 0.29) is 13.2 Å². The van der Waals surface area contributed by atoms with E-state index in [9.17, 15) is 9.59 Å². The summed E-state index contributed by atoms with van der Waals surface area (Å²) in [7, 11) is 0. The van der Waals surface area contributed by atoms with Gasteiger partial charge in [0, 0.05) is 6.61 Å². The first-order valence-electron chi connectivity index (χ1n) is 8.50. The summed E-state index contributed by atoms with van der Waals surface area (Å²) in [6, 6.07) is 9.94. The summed E-state index contributed by atoms with van der Waals surface area (Å²) in [5.74, 6) is -1.04. The van der Waals surface area contributed by atoms with Gasteiger partial charge in [-0.25, -0.2) is 0 Å². The lowest BCUT2D eigenvalue weighted by atomic mass is 9.85. The Morgan fingerprint density at radius 2 is 1.54 bits per heavy atom. The second-order valence-electron chi connectivity index (χ2n) is 5.77. The van der Waals surface area contributed by atoms with Gasteiger partial charge in [0.1, 0.15) is 0 Å². The Balaban J connectivity index is 2.39. The molecule has 0 N–H and O–H groups in total. The molecule has 0 fully saturated rings. The number of unbranched alkanes of at least 4 members (excludes halogenated alkanes) is 1. The van der Waals surface area contributed by atoms with Gasteiger partial charge in [0.25, 0.3) is 0 Å². The van der Waals surface area contributed by atoms with Gasteiger partial charge >= 0.3 is 11.9 Å². The van der Waals surface area contributed by atoms with Gasteiger partial charge in [-0.1, -0.05) is 30.3 Å². The lowest BCUT2D eigenvalue weighted by Gasteiger charge is -2.24. The molecule has 0 spiro atoms. The van der Waals surface area contributed by atoms with Gasteiger partial charge in [0.2, 0.25) is 0 Å². The highest BCUT2D eigenvalue weighted by Crippen LogP contribution is 2.28. The van der Waals surface area contributed by atoms with Crippen molar-refractivity contribution in [1.29, 1.82) is 0 Å². The Bertz CT molecular complexity index is 480. The van der Waals surface area contributed by atoms with Gasteiger partial charge in [-0.3, -0.25) is 9.59 Å². The fraction of sp³-hybridized carbons (Fsp3) is 0.579. The van der Waals surface area contributed by atoms with E-state index in [1.165, 1.54) is 0 Å².